The fraction of sp³-hybridized carbons (Fsp3) is 0.375. The van der Waals surface area contributed by atoms with E-state index < -0.39 is 0 Å². The number of carbonyl (C=O) groups is 1. The van der Waals surface area contributed by atoms with Crippen LogP contribution in [0.4, 0.5) is 5.69 Å². The highest BCUT2D eigenvalue weighted by Crippen LogP contribution is 2.42. The lowest BCUT2D eigenvalue weighted by molar-refractivity contribution is -0.129. The molecule has 6 heteroatoms. The lowest BCUT2D eigenvalue weighted by Gasteiger charge is -2.39. The molecule has 1 saturated carbocycles. The summed E-state index contributed by atoms with van der Waals surface area (Å²) >= 11 is 5.15. The van der Waals surface area contributed by atoms with Gasteiger partial charge in [-0.05, 0) is 70.6 Å². The van der Waals surface area contributed by atoms with Crippen molar-refractivity contribution in [2.45, 2.75) is 44.1 Å². The van der Waals surface area contributed by atoms with E-state index >= 15 is 0 Å². The molecule has 158 valence electrons. The topological polar surface area (TPSA) is 41.6 Å². The van der Waals surface area contributed by atoms with Crippen LogP contribution < -0.4 is 10.1 Å². The summed E-state index contributed by atoms with van der Waals surface area (Å²) in [6.07, 6.45) is 6.69. The Hall–Kier alpha value is -1.92. The fourth-order valence-electron chi connectivity index (χ4n) is 4.29. The zero-order chi connectivity index (χ0) is 21.1. The van der Waals surface area contributed by atoms with Crippen LogP contribution in [0.15, 0.2) is 57.9 Å². The molecule has 1 aliphatic carbocycles. The molecule has 2 aliphatic rings. The van der Waals surface area contributed by atoms with Crippen molar-refractivity contribution in [3.8, 4) is 5.75 Å². The van der Waals surface area contributed by atoms with Gasteiger partial charge in [-0.25, -0.2) is 0 Å². The molecule has 1 amide bonds. The van der Waals surface area contributed by atoms with Crippen LogP contribution in [0.3, 0.4) is 0 Å². The lowest BCUT2D eigenvalue weighted by atomic mass is 9.85. The molecule has 0 aromatic heterocycles. The SMILES string of the molecule is COc1ccc(/C=C2\SC(Nc3ccccc3)N([C@H]3CCCC[C@@H]3C)C2=O)cc1Br. The van der Waals surface area contributed by atoms with Crippen LogP contribution in [-0.2, 0) is 4.79 Å². The zero-order valence-corrected chi connectivity index (χ0v) is 19.7. The highest BCUT2D eigenvalue weighted by molar-refractivity contribution is 9.10. The molecule has 30 heavy (non-hydrogen) atoms. The minimum Gasteiger partial charge on any atom is -0.496 e. The average Bonchev–Trinajstić information content (AvgIpc) is 3.04. The predicted molar refractivity (Wildman–Crippen MR) is 128 cm³/mol. The van der Waals surface area contributed by atoms with Gasteiger partial charge in [-0.15, -0.1) is 0 Å². The van der Waals surface area contributed by atoms with Gasteiger partial charge in [0, 0.05) is 11.7 Å². The number of para-hydroxylation sites is 1. The zero-order valence-electron chi connectivity index (χ0n) is 17.3. The van der Waals surface area contributed by atoms with Gasteiger partial charge in [-0.1, -0.05) is 55.8 Å². The van der Waals surface area contributed by atoms with E-state index in [0.717, 1.165) is 32.8 Å². The van der Waals surface area contributed by atoms with Crippen molar-refractivity contribution in [1.29, 1.82) is 0 Å². The van der Waals surface area contributed by atoms with E-state index in [1.54, 1.807) is 18.9 Å². The molecule has 0 radical (unpaired) electrons. The molecule has 1 N–H and O–H groups in total. The van der Waals surface area contributed by atoms with E-state index in [1.165, 1.54) is 19.3 Å². The molecule has 4 nitrogen and oxygen atoms in total. The van der Waals surface area contributed by atoms with Crippen molar-refractivity contribution in [2.24, 2.45) is 5.92 Å². The quantitative estimate of drug-likeness (QED) is 0.499. The Morgan fingerprint density at radius 1 is 1.17 bits per heavy atom. The molecular weight excluding hydrogens is 460 g/mol. The minimum atomic E-state index is -0.0987. The molecular formula is C24H27BrN2O2S. The van der Waals surface area contributed by atoms with Crippen molar-refractivity contribution in [1.82, 2.24) is 4.90 Å². The molecule has 2 fully saturated rings. The number of ether oxygens (including phenoxy) is 1. The van der Waals surface area contributed by atoms with Gasteiger partial charge >= 0.3 is 0 Å². The number of anilines is 1. The van der Waals surface area contributed by atoms with Gasteiger partial charge in [-0.2, -0.15) is 0 Å². The third-order valence-corrected chi connectivity index (χ3v) is 7.63. The van der Waals surface area contributed by atoms with E-state index in [4.69, 9.17) is 4.74 Å². The van der Waals surface area contributed by atoms with E-state index in [9.17, 15) is 4.79 Å². The van der Waals surface area contributed by atoms with Crippen molar-refractivity contribution in [2.75, 3.05) is 12.4 Å². The molecule has 1 heterocycles. The Bertz CT molecular complexity index is 934. The molecule has 3 atom stereocenters. The molecule has 1 saturated heterocycles. The van der Waals surface area contributed by atoms with Crippen LogP contribution in [0.2, 0.25) is 0 Å². The van der Waals surface area contributed by atoms with Crippen molar-refractivity contribution in [3.05, 3.63) is 63.5 Å². The summed E-state index contributed by atoms with van der Waals surface area (Å²) in [7, 11) is 1.65. The first-order valence-corrected chi connectivity index (χ1v) is 12.1. The number of thioether (sulfide) groups is 1. The maximum absolute atomic E-state index is 13.5. The van der Waals surface area contributed by atoms with Crippen molar-refractivity contribution >= 4 is 45.4 Å². The van der Waals surface area contributed by atoms with Crippen molar-refractivity contribution in [3.63, 3.8) is 0 Å². The van der Waals surface area contributed by atoms with Crippen molar-refractivity contribution < 1.29 is 9.53 Å². The maximum atomic E-state index is 13.5. The van der Waals surface area contributed by atoms with Crippen LogP contribution in [0.1, 0.15) is 38.2 Å². The Morgan fingerprint density at radius 3 is 2.63 bits per heavy atom. The molecule has 1 unspecified atom stereocenters. The van der Waals surface area contributed by atoms with Crippen LogP contribution in [0, 0.1) is 5.92 Å². The molecule has 1 aliphatic heterocycles. The molecule has 0 bridgehead atoms. The third-order valence-electron chi connectivity index (χ3n) is 5.90. The summed E-state index contributed by atoms with van der Waals surface area (Å²) in [5, 5.41) is 3.58. The number of methoxy groups -OCH3 is 1. The number of hydrogen-bond acceptors (Lipinski definition) is 4. The fourth-order valence-corrected chi connectivity index (χ4v) is 6.06. The van der Waals surface area contributed by atoms with E-state index in [-0.39, 0.29) is 17.4 Å². The van der Waals surface area contributed by atoms with Crippen LogP contribution >= 0.6 is 27.7 Å². The first-order chi connectivity index (χ1) is 14.6. The Labute approximate surface area is 191 Å². The van der Waals surface area contributed by atoms with E-state index in [2.05, 4.69) is 45.2 Å². The van der Waals surface area contributed by atoms with E-state index in [1.807, 2.05) is 42.5 Å². The number of benzene rings is 2. The van der Waals surface area contributed by atoms with Gasteiger partial charge in [0.05, 0.1) is 16.5 Å². The summed E-state index contributed by atoms with van der Waals surface area (Å²) in [5.41, 5.74) is 1.92. The number of carbonyl (C=O) groups excluding carboxylic acids is 1. The van der Waals surface area contributed by atoms with Crippen LogP contribution in [-0.4, -0.2) is 29.5 Å². The number of rotatable bonds is 5. The number of halogens is 1. The highest BCUT2D eigenvalue weighted by atomic mass is 79.9. The highest BCUT2D eigenvalue weighted by Gasteiger charge is 2.42. The Morgan fingerprint density at radius 2 is 1.93 bits per heavy atom. The first kappa shape index (κ1) is 21.3. The summed E-state index contributed by atoms with van der Waals surface area (Å²) in [6.45, 7) is 2.28. The monoisotopic (exact) mass is 486 g/mol. The molecule has 2 aromatic rings. The second kappa shape index (κ2) is 9.48. The largest absolute Gasteiger partial charge is 0.496 e. The third kappa shape index (κ3) is 4.54. The second-order valence-electron chi connectivity index (χ2n) is 7.92. The Balaban J connectivity index is 1.64. The molecule has 2 aromatic carbocycles. The minimum absolute atomic E-state index is 0.0987. The van der Waals surface area contributed by atoms with Gasteiger partial charge in [-0.3, -0.25) is 4.79 Å². The maximum Gasteiger partial charge on any atom is 0.262 e. The van der Waals surface area contributed by atoms with Gasteiger partial charge in [0.2, 0.25) is 0 Å². The Kier molecular flexibility index (Phi) is 6.74. The van der Waals surface area contributed by atoms with Gasteiger partial charge in [0.1, 0.15) is 5.75 Å². The summed E-state index contributed by atoms with van der Waals surface area (Å²) < 4.78 is 6.21. The second-order valence-corrected chi connectivity index (χ2v) is 9.90. The smallest absolute Gasteiger partial charge is 0.262 e. The number of nitrogens with zero attached hydrogens (tertiary/aromatic N) is 1. The van der Waals surface area contributed by atoms with Gasteiger partial charge in [0.25, 0.3) is 5.91 Å². The molecule has 0 spiro atoms. The number of amides is 1. The summed E-state index contributed by atoms with van der Waals surface area (Å²) in [5.74, 6) is 1.42. The number of hydrogen-bond donors (Lipinski definition) is 1. The van der Waals surface area contributed by atoms with Gasteiger partial charge < -0.3 is 15.0 Å². The molecule has 4 rings (SSSR count). The predicted octanol–water partition coefficient (Wildman–Crippen LogP) is 6.35. The average molecular weight is 487 g/mol. The summed E-state index contributed by atoms with van der Waals surface area (Å²) in [6, 6.07) is 16.3. The lowest BCUT2D eigenvalue weighted by Crippen LogP contribution is -2.48. The number of nitrogens with one attached hydrogen (secondary N) is 1. The normalized spacial score (nSPS) is 25.6. The van der Waals surface area contributed by atoms with Gasteiger partial charge in [0.15, 0.2) is 5.50 Å². The first-order valence-electron chi connectivity index (χ1n) is 10.4. The summed E-state index contributed by atoms with van der Waals surface area (Å²) in [4.78, 5) is 16.4. The standard InChI is InChI=1S/C24H27BrN2O2S/c1-16-8-6-7-11-20(16)27-23(28)22(15-17-12-13-21(29-2)19(25)14-17)30-24(27)26-18-9-4-3-5-10-18/h3-5,9-10,12-16,20,24,26H,6-8,11H2,1-2H3/b22-15-/t16-,20-,24?/m0/s1. The van der Waals surface area contributed by atoms with Crippen LogP contribution in [0.5, 0.6) is 5.75 Å². The van der Waals surface area contributed by atoms with E-state index in [0.29, 0.717) is 5.92 Å². The van der Waals surface area contributed by atoms with Crippen LogP contribution in [0.25, 0.3) is 6.08 Å².